The number of rotatable bonds is 8. The van der Waals surface area contributed by atoms with E-state index in [0.29, 0.717) is 5.56 Å². The molecule has 0 aliphatic carbocycles. The lowest BCUT2D eigenvalue weighted by molar-refractivity contribution is -0.0499. The molecule has 0 aliphatic rings. The molecule has 9 heteroatoms. The van der Waals surface area contributed by atoms with Crippen LogP contribution in [0.1, 0.15) is 15.9 Å². The fourth-order valence-corrected chi connectivity index (χ4v) is 4.08. The van der Waals surface area contributed by atoms with Gasteiger partial charge in [0.25, 0.3) is 5.56 Å². The van der Waals surface area contributed by atoms with Gasteiger partial charge in [0, 0.05) is 18.2 Å². The third-order valence-corrected chi connectivity index (χ3v) is 5.57. The minimum atomic E-state index is -3.02. The highest BCUT2D eigenvalue weighted by Gasteiger charge is 2.18. The lowest BCUT2D eigenvalue weighted by Gasteiger charge is -2.06. The van der Waals surface area contributed by atoms with Gasteiger partial charge in [0.05, 0.1) is 17.7 Å². The minimum absolute atomic E-state index is 0.0925. The summed E-state index contributed by atoms with van der Waals surface area (Å²) in [7, 11) is 1.46. The fraction of sp³-hybridized carbons (Fsp3) is 0.174. The van der Waals surface area contributed by atoms with Gasteiger partial charge in [0.15, 0.2) is 0 Å². The molecular formula is C23H18F2N2O4S. The number of nitrogens with zero attached hydrogens (tertiary/aromatic N) is 2. The van der Waals surface area contributed by atoms with Gasteiger partial charge in [-0.1, -0.05) is 48.5 Å². The number of alkyl halides is 2. The van der Waals surface area contributed by atoms with E-state index in [9.17, 15) is 23.6 Å². The van der Waals surface area contributed by atoms with Crippen molar-refractivity contribution in [1.82, 2.24) is 4.57 Å². The Morgan fingerprint density at radius 3 is 2.53 bits per heavy atom. The van der Waals surface area contributed by atoms with Crippen LogP contribution in [0, 0.1) is 11.3 Å². The number of benzene rings is 2. The predicted octanol–water partition coefficient (Wildman–Crippen LogP) is 2.54. The van der Waals surface area contributed by atoms with Crippen LogP contribution in [-0.2, 0) is 11.3 Å². The number of Topliss-reactive ketones (excluding diaryl/α,β-unsaturated/α-hetero) is 1. The minimum Gasteiger partial charge on any atom is -0.434 e. The molecule has 0 spiro atoms. The van der Waals surface area contributed by atoms with Gasteiger partial charge >= 0.3 is 6.61 Å². The van der Waals surface area contributed by atoms with Gasteiger partial charge in [0.2, 0.25) is 5.78 Å². The third kappa shape index (κ3) is 5.17. The zero-order chi connectivity index (χ0) is 23.1. The number of ketones is 1. The maximum Gasteiger partial charge on any atom is 0.387 e. The molecule has 0 radical (unpaired) electrons. The first kappa shape index (κ1) is 23.1. The molecule has 0 N–H and O–H groups in total. The number of halogens is 2. The predicted molar refractivity (Wildman–Crippen MR) is 116 cm³/mol. The second-order valence-electron chi connectivity index (χ2n) is 6.46. The lowest BCUT2D eigenvalue weighted by Crippen LogP contribution is -2.34. The molecule has 32 heavy (non-hydrogen) atoms. The molecule has 0 amide bonds. The average molecular weight is 456 g/mol. The average Bonchev–Trinajstić information content (AvgIpc) is 3.09. The van der Waals surface area contributed by atoms with E-state index in [-0.39, 0.29) is 39.2 Å². The van der Waals surface area contributed by atoms with Crippen molar-refractivity contribution in [2.75, 3.05) is 13.7 Å². The summed E-state index contributed by atoms with van der Waals surface area (Å²) in [5.74, 6) is -0.612. The summed E-state index contributed by atoms with van der Waals surface area (Å²) in [5, 5.41) is 9.73. The number of ether oxygens (including phenoxy) is 2. The van der Waals surface area contributed by atoms with Crippen LogP contribution in [0.2, 0.25) is 0 Å². The van der Waals surface area contributed by atoms with Crippen molar-refractivity contribution >= 4 is 28.8 Å². The molecule has 0 fully saturated rings. The standard InChI is InChI=1S/C23H18F2N2O4S/c1-30-12-11-27-21(29)19(13-16-9-5-6-10-18(16)31-23(24)25)32-22(27)17(14-26)20(28)15-7-3-2-4-8-15/h2-10,13,23H,11-12H2,1H3/b19-13+,22-17-. The molecule has 1 heterocycles. The summed E-state index contributed by atoms with van der Waals surface area (Å²) in [4.78, 5) is 26.0. The van der Waals surface area contributed by atoms with Crippen molar-refractivity contribution in [3.63, 3.8) is 0 Å². The van der Waals surface area contributed by atoms with Crippen molar-refractivity contribution in [3.8, 4) is 11.8 Å². The lowest BCUT2D eigenvalue weighted by atomic mass is 10.1. The van der Waals surface area contributed by atoms with E-state index < -0.39 is 18.0 Å². The topological polar surface area (TPSA) is 81.3 Å². The highest BCUT2D eigenvalue weighted by atomic mass is 32.1. The second-order valence-corrected chi connectivity index (χ2v) is 7.49. The quantitative estimate of drug-likeness (QED) is 0.487. The monoisotopic (exact) mass is 456 g/mol. The number of aromatic nitrogens is 1. The summed E-state index contributed by atoms with van der Waals surface area (Å²) >= 11 is 0.931. The molecule has 3 aromatic rings. The number of hydrogen-bond donors (Lipinski definition) is 0. The van der Waals surface area contributed by atoms with E-state index in [0.717, 1.165) is 11.3 Å². The Kier molecular flexibility index (Phi) is 7.65. The van der Waals surface area contributed by atoms with Crippen LogP contribution in [0.5, 0.6) is 5.75 Å². The highest BCUT2D eigenvalue weighted by molar-refractivity contribution is 7.07. The molecule has 0 atom stereocenters. The van der Waals surface area contributed by atoms with Gasteiger partial charge < -0.3 is 9.47 Å². The first-order chi connectivity index (χ1) is 15.5. The van der Waals surface area contributed by atoms with E-state index in [2.05, 4.69) is 4.74 Å². The van der Waals surface area contributed by atoms with Gasteiger partial charge in [-0.25, -0.2) is 0 Å². The maximum atomic E-state index is 13.1. The summed E-state index contributed by atoms with van der Waals surface area (Å²) in [5.41, 5.74) is -0.0810. The molecule has 0 bridgehead atoms. The van der Waals surface area contributed by atoms with Gasteiger partial charge in [-0.15, -0.1) is 11.3 Å². The normalized spacial score (nSPS) is 12.5. The Balaban J connectivity index is 2.26. The van der Waals surface area contributed by atoms with E-state index in [1.54, 1.807) is 36.4 Å². The van der Waals surface area contributed by atoms with Crippen LogP contribution in [0.3, 0.4) is 0 Å². The molecule has 6 nitrogen and oxygen atoms in total. The molecule has 3 rings (SSSR count). The van der Waals surface area contributed by atoms with Crippen molar-refractivity contribution in [2.24, 2.45) is 0 Å². The van der Waals surface area contributed by atoms with Crippen LogP contribution < -0.4 is 19.5 Å². The molecule has 2 aromatic carbocycles. The first-order valence-electron chi connectivity index (χ1n) is 9.44. The fourth-order valence-electron chi connectivity index (χ4n) is 2.96. The van der Waals surface area contributed by atoms with E-state index in [1.165, 1.54) is 36.0 Å². The molecule has 0 saturated carbocycles. The van der Waals surface area contributed by atoms with E-state index >= 15 is 0 Å². The smallest absolute Gasteiger partial charge is 0.387 e. The number of carbonyl (C=O) groups is 1. The third-order valence-electron chi connectivity index (χ3n) is 4.44. The number of hydrogen-bond acceptors (Lipinski definition) is 6. The molecular weight excluding hydrogens is 438 g/mol. The Labute approximate surface area is 185 Å². The number of para-hydroxylation sites is 1. The summed E-state index contributed by atoms with van der Waals surface area (Å²) in [6, 6.07) is 16.2. The zero-order valence-electron chi connectivity index (χ0n) is 17.0. The Bertz CT molecular complexity index is 1320. The van der Waals surface area contributed by atoms with Gasteiger partial charge in [0.1, 0.15) is 22.1 Å². The molecule has 1 aromatic heterocycles. The highest BCUT2D eigenvalue weighted by Crippen LogP contribution is 2.20. The Morgan fingerprint density at radius 2 is 1.88 bits per heavy atom. The largest absolute Gasteiger partial charge is 0.434 e. The number of nitriles is 1. The molecule has 164 valence electrons. The first-order valence-corrected chi connectivity index (χ1v) is 10.3. The van der Waals surface area contributed by atoms with Crippen LogP contribution in [0.15, 0.2) is 59.4 Å². The second kappa shape index (κ2) is 10.6. The van der Waals surface area contributed by atoms with Crippen LogP contribution in [-0.4, -0.2) is 30.7 Å². The van der Waals surface area contributed by atoms with Crippen molar-refractivity contribution in [3.05, 3.63) is 85.3 Å². The summed E-state index contributed by atoms with van der Waals surface area (Å²) in [6.07, 6.45) is 1.40. The van der Waals surface area contributed by atoms with Crippen molar-refractivity contribution in [2.45, 2.75) is 13.2 Å². The number of thiazole rings is 1. The SMILES string of the molecule is COCCn1c(=O)/c(=C\c2ccccc2OC(F)F)s/c1=C(/C#N)C(=O)c1ccccc1. The molecule has 0 aliphatic heterocycles. The van der Waals surface area contributed by atoms with Gasteiger partial charge in [-0.3, -0.25) is 14.2 Å². The van der Waals surface area contributed by atoms with Crippen LogP contribution >= 0.6 is 11.3 Å². The Hall–Kier alpha value is -3.61. The van der Waals surface area contributed by atoms with Gasteiger partial charge in [-0.2, -0.15) is 14.0 Å². The van der Waals surface area contributed by atoms with Gasteiger partial charge in [-0.05, 0) is 12.1 Å². The van der Waals surface area contributed by atoms with Crippen LogP contribution in [0.4, 0.5) is 8.78 Å². The summed E-state index contributed by atoms with van der Waals surface area (Å²) < 4.78 is 36.7. The maximum absolute atomic E-state index is 13.1. The number of carbonyl (C=O) groups excluding carboxylic acids is 1. The van der Waals surface area contributed by atoms with E-state index in [1.807, 2.05) is 6.07 Å². The zero-order valence-corrected chi connectivity index (χ0v) is 17.8. The molecule has 0 saturated heterocycles. The van der Waals surface area contributed by atoms with E-state index in [4.69, 9.17) is 4.74 Å². The van der Waals surface area contributed by atoms with Crippen LogP contribution in [0.25, 0.3) is 11.6 Å². The Morgan fingerprint density at radius 1 is 1.19 bits per heavy atom. The number of methoxy groups -OCH3 is 1. The molecule has 0 unspecified atom stereocenters. The van der Waals surface area contributed by atoms with Crippen molar-refractivity contribution < 1.29 is 23.0 Å². The summed E-state index contributed by atoms with van der Waals surface area (Å²) in [6.45, 7) is -2.74. The van der Waals surface area contributed by atoms with Crippen molar-refractivity contribution in [1.29, 1.82) is 5.26 Å².